The molecule has 1 heterocycles. The van der Waals surface area contributed by atoms with Gasteiger partial charge in [-0.25, -0.2) is 4.79 Å². The maximum Gasteiger partial charge on any atom is 0.334 e. The minimum atomic E-state index is -1.05. The summed E-state index contributed by atoms with van der Waals surface area (Å²) in [6.45, 7) is 2.52. The molecule has 1 fully saturated rings. The number of aliphatic carboxylic acids is 1. The van der Waals surface area contributed by atoms with E-state index in [1.165, 1.54) is 4.90 Å². The molecule has 1 aliphatic heterocycles. The molecule has 6 heteroatoms. The molecule has 6 nitrogen and oxygen atoms in total. The van der Waals surface area contributed by atoms with Gasteiger partial charge in [0.15, 0.2) is 12.7 Å². The third-order valence-corrected chi connectivity index (χ3v) is 3.05. The van der Waals surface area contributed by atoms with E-state index in [0.717, 1.165) is 5.56 Å². The summed E-state index contributed by atoms with van der Waals surface area (Å²) < 4.78 is 10.5. The van der Waals surface area contributed by atoms with Crippen molar-refractivity contribution in [1.29, 1.82) is 0 Å². The lowest BCUT2D eigenvalue weighted by Gasteiger charge is -2.30. The number of aryl methyl sites for hydroxylation is 1. The molecule has 2 rings (SSSR count). The Labute approximate surface area is 116 Å². The summed E-state index contributed by atoms with van der Waals surface area (Å²) >= 11 is 0. The molecular formula is C14H17NO5. The van der Waals surface area contributed by atoms with Crippen LogP contribution in [0.3, 0.4) is 0 Å². The van der Waals surface area contributed by atoms with E-state index in [4.69, 9.17) is 14.6 Å². The Kier molecular flexibility index (Phi) is 4.57. The van der Waals surface area contributed by atoms with Crippen molar-refractivity contribution in [1.82, 2.24) is 4.90 Å². The number of rotatable bonds is 4. The van der Waals surface area contributed by atoms with Crippen LogP contribution < -0.4 is 4.74 Å². The third-order valence-electron chi connectivity index (χ3n) is 3.05. The summed E-state index contributed by atoms with van der Waals surface area (Å²) in [6.07, 6.45) is -0.952. The van der Waals surface area contributed by atoms with E-state index in [1.54, 1.807) is 6.07 Å². The van der Waals surface area contributed by atoms with Crippen molar-refractivity contribution in [2.75, 3.05) is 26.3 Å². The van der Waals surface area contributed by atoms with Crippen LogP contribution in [-0.4, -0.2) is 54.3 Å². The number of hydrogen-bond donors (Lipinski definition) is 1. The van der Waals surface area contributed by atoms with Crippen LogP contribution in [0.15, 0.2) is 24.3 Å². The molecule has 0 saturated carbocycles. The van der Waals surface area contributed by atoms with Crippen LogP contribution in [0.25, 0.3) is 0 Å². The van der Waals surface area contributed by atoms with Crippen molar-refractivity contribution in [3.63, 3.8) is 0 Å². The topological polar surface area (TPSA) is 76.1 Å². The molecule has 1 unspecified atom stereocenters. The first-order valence-corrected chi connectivity index (χ1v) is 6.38. The Morgan fingerprint density at radius 1 is 1.50 bits per heavy atom. The standard InChI is InChI=1S/C14H17NO5/c1-10-3-2-4-11(7-10)20-9-13(16)15-5-6-19-12(8-15)14(17)18/h2-4,7,12H,5-6,8-9H2,1H3,(H,17,18). The molecular weight excluding hydrogens is 262 g/mol. The fourth-order valence-electron chi connectivity index (χ4n) is 1.97. The van der Waals surface area contributed by atoms with E-state index in [1.807, 2.05) is 25.1 Å². The Bertz CT molecular complexity index is 502. The summed E-state index contributed by atoms with van der Waals surface area (Å²) in [5, 5.41) is 8.88. The lowest BCUT2D eigenvalue weighted by atomic mass is 10.2. The van der Waals surface area contributed by atoms with E-state index >= 15 is 0 Å². The fourth-order valence-corrected chi connectivity index (χ4v) is 1.97. The second-order valence-corrected chi connectivity index (χ2v) is 4.64. The van der Waals surface area contributed by atoms with Crippen LogP contribution in [0.4, 0.5) is 0 Å². The van der Waals surface area contributed by atoms with E-state index in [-0.39, 0.29) is 25.7 Å². The van der Waals surface area contributed by atoms with Crippen LogP contribution in [0, 0.1) is 6.92 Å². The normalized spacial score (nSPS) is 18.6. The number of amides is 1. The van der Waals surface area contributed by atoms with Gasteiger partial charge in [0.1, 0.15) is 5.75 Å². The number of ether oxygens (including phenoxy) is 2. The number of carboxylic acids is 1. The van der Waals surface area contributed by atoms with Crippen molar-refractivity contribution >= 4 is 11.9 Å². The number of hydrogen-bond acceptors (Lipinski definition) is 4. The predicted octanol–water partition coefficient (Wildman–Crippen LogP) is 0.686. The second-order valence-electron chi connectivity index (χ2n) is 4.64. The highest BCUT2D eigenvalue weighted by atomic mass is 16.5. The fraction of sp³-hybridized carbons (Fsp3) is 0.429. The molecule has 1 N–H and O–H groups in total. The zero-order valence-corrected chi connectivity index (χ0v) is 11.2. The van der Waals surface area contributed by atoms with Gasteiger partial charge in [-0.15, -0.1) is 0 Å². The van der Waals surface area contributed by atoms with Crippen molar-refractivity contribution in [3.8, 4) is 5.75 Å². The molecule has 0 aliphatic carbocycles. The highest BCUT2D eigenvalue weighted by Crippen LogP contribution is 2.13. The molecule has 1 atom stereocenters. The quantitative estimate of drug-likeness (QED) is 0.877. The zero-order chi connectivity index (χ0) is 14.5. The molecule has 1 aromatic rings. The van der Waals surface area contributed by atoms with Crippen LogP contribution >= 0.6 is 0 Å². The molecule has 108 valence electrons. The lowest BCUT2D eigenvalue weighted by molar-refractivity contribution is -0.159. The molecule has 0 radical (unpaired) electrons. The minimum Gasteiger partial charge on any atom is -0.484 e. The van der Waals surface area contributed by atoms with Gasteiger partial charge in [0.25, 0.3) is 5.91 Å². The zero-order valence-electron chi connectivity index (χ0n) is 11.2. The third kappa shape index (κ3) is 3.71. The first-order chi connectivity index (χ1) is 9.56. The predicted molar refractivity (Wildman–Crippen MR) is 70.6 cm³/mol. The lowest BCUT2D eigenvalue weighted by Crippen LogP contribution is -2.49. The minimum absolute atomic E-state index is 0.0609. The number of nitrogens with zero attached hydrogens (tertiary/aromatic N) is 1. The van der Waals surface area contributed by atoms with E-state index < -0.39 is 12.1 Å². The first kappa shape index (κ1) is 14.3. The Morgan fingerprint density at radius 3 is 3.00 bits per heavy atom. The molecule has 0 spiro atoms. The summed E-state index contributed by atoms with van der Waals surface area (Å²) in [7, 11) is 0. The van der Waals surface area contributed by atoms with Gasteiger partial charge in [0.2, 0.25) is 0 Å². The van der Waals surface area contributed by atoms with E-state index in [0.29, 0.717) is 12.3 Å². The average Bonchev–Trinajstić information content (AvgIpc) is 2.45. The van der Waals surface area contributed by atoms with Gasteiger partial charge in [-0.3, -0.25) is 4.79 Å². The van der Waals surface area contributed by atoms with E-state index in [2.05, 4.69) is 0 Å². The molecule has 20 heavy (non-hydrogen) atoms. The maximum absolute atomic E-state index is 12.0. The van der Waals surface area contributed by atoms with Crippen molar-refractivity contribution < 1.29 is 24.2 Å². The molecule has 1 aliphatic rings. The van der Waals surface area contributed by atoms with Crippen molar-refractivity contribution in [2.45, 2.75) is 13.0 Å². The largest absolute Gasteiger partial charge is 0.484 e. The van der Waals surface area contributed by atoms with Crippen LogP contribution in [0.5, 0.6) is 5.75 Å². The second kappa shape index (κ2) is 6.38. The SMILES string of the molecule is Cc1cccc(OCC(=O)N2CCOC(C(=O)O)C2)c1. The number of carbonyl (C=O) groups is 2. The first-order valence-electron chi connectivity index (χ1n) is 6.38. The van der Waals surface area contributed by atoms with Crippen LogP contribution in [0.2, 0.25) is 0 Å². The van der Waals surface area contributed by atoms with Crippen molar-refractivity contribution in [2.24, 2.45) is 0 Å². The van der Waals surface area contributed by atoms with Gasteiger partial charge in [0, 0.05) is 6.54 Å². The smallest absolute Gasteiger partial charge is 0.334 e. The summed E-state index contributed by atoms with van der Waals surface area (Å²) in [5.74, 6) is -0.662. The van der Waals surface area contributed by atoms with E-state index in [9.17, 15) is 9.59 Å². The molecule has 1 amide bonds. The van der Waals surface area contributed by atoms with Gasteiger partial charge < -0.3 is 19.5 Å². The van der Waals surface area contributed by atoms with Gasteiger partial charge in [-0.05, 0) is 24.6 Å². The monoisotopic (exact) mass is 279 g/mol. The molecule has 1 saturated heterocycles. The van der Waals surface area contributed by atoms with Gasteiger partial charge in [-0.1, -0.05) is 12.1 Å². The number of benzene rings is 1. The number of carbonyl (C=O) groups excluding carboxylic acids is 1. The number of carboxylic acid groups (broad SMARTS) is 1. The molecule has 0 aromatic heterocycles. The summed E-state index contributed by atoms with van der Waals surface area (Å²) in [6, 6.07) is 7.41. The molecule has 1 aromatic carbocycles. The number of morpholine rings is 1. The average molecular weight is 279 g/mol. The Balaban J connectivity index is 1.87. The van der Waals surface area contributed by atoms with Gasteiger partial charge >= 0.3 is 5.97 Å². The molecule has 0 bridgehead atoms. The van der Waals surface area contributed by atoms with Crippen LogP contribution in [-0.2, 0) is 14.3 Å². The maximum atomic E-state index is 12.0. The van der Waals surface area contributed by atoms with Crippen LogP contribution in [0.1, 0.15) is 5.56 Å². The summed E-state index contributed by atoms with van der Waals surface area (Å²) in [4.78, 5) is 24.3. The Hall–Kier alpha value is -2.08. The Morgan fingerprint density at radius 2 is 2.30 bits per heavy atom. The summed E-state index contributed by atoms with van der Waals surface area (Å²) in [5.41, 5.74) is 1.05. The highest BCUT2D eigenvalue weighted by molar-refractivity contribution is 5.79. The highest BCUT2D eigenvalue weighted by Gasteiger charge is 2.28. The van der Waals surface area contributed by atoms with Gasteiger partial charge in [-0.2, -0.15) is 0 Å². The van der Waals surface area contributed by atoms with Crippen molar-refractivity contribution in [3.05, 3.63) is 29.8 Å². The van der Waals surface area contributed by atoms with Gasteiger partial charge in [0.05, 0.1) is 13.2 Å².